The summed E-state index contributed by atoms with van der Waals surface area (Å²) in [5.74, 6) is 0.466. The highest BCUT2D eigenvalue weighted by Crippen LogP contribution is 2.31. The van der Waals surface area contributed by atoms with Gasteiger partial charge in [-0.1, -0.05) is 0 Å². The standard InChI is InChI=1S/C15H8F3N3/c16-15(17,18)11-5-6-12-13(7-11)21-14(20-12)10-3-1-9(8-19)2-4-10/h1-7H,(H,20,21). The smallest absolute Gasteiger partial charge is 0.338 e. The van der Waals surface area contributed by atoms with E-state index in [0.717, 1.165) is 12.1 Å². The molecule has 3 rings (SSSR count). The number of aromatic amines is 1. The zero-order valence-electron chi connectivity index (χ0n) is 10.6. The van der Waals surface area contributed by atoms with Crippen LogP contribution >= 0.6 is 0 Å². The topological polar surface area (TPSA) is 52.5 Å². The summed E-state index contributed by atoms with van der Waals surface area (Å²) in [5, 5.41) is 8.74. The van der Waals surface area contributed by atoms with E-state index >= 15 is 0 Å². The number of halogens is 3. The molecule has 0 atom stereocenters. The van der Waals surface area contributed by atoms with Crippen LogP contribution in [0.2, 0.25) is 0 Å². The monoisotopic (exact) mass is 287 g/mol. The Balaban J connectivity index is 2.06. The van der Waals surface area contributed by atoms with Gasteiger partial charge in [-0.3, -0.25) is 0 Å². The van der Waals surface area contributed by atoms with E-state index in [1.807, 2.05) is 6.07 Å². The first-order chi connectivity index (χ1) is 9.97. The number of H-pyrrole nitrogens is 1. The van der Waals surface area contributed by atoms with Gasteiger partial charge in [0.25, 0.3) is 0 Å². The molecule has 0 amide bonds. The van der Waals surface area contributed by atoms with Gasteiger partial charge in [0, 0.05) is 5.56 Å². The summed E-state index contributed by atoms with van der Waals surface area (Å²) < 4.78 is 38.0. The highest BCUT2D eigenvalue weighted by atomic mass is 19.4. The number of nitrogens with one attached hydrogen (secondary N) is 1. The molecule has 21 heavy (non-hydrogen) atoms. The number of nitrogens with zero attached hydrogens (tertiary/aromatic N) is 2. The number of benzene rings is 2. The van der Waals surface area contributed by atoms with Gasteiger partial charge in [0.15, 0.2) is 0 Å². The number of imidazole rings is 1. The number of alkyl halides is 3. The van der Waals surface area contributed by atoms with Crippen LogP contribution in [-0.2, 0) is 6.18 Å². The largest absolute Gasteiger partial charge is 0.416 e. The number of nitriles is 1. The van der Waals surface area contributed by atoms with Crippen LogP contribution in [0.1, 0.15) is 11.1 Å². The Morgan fingerprint density at radius 2 is 1.76 bits per heavy atom. The Hall–Kier alpha value is -2.81. The lowest BCUT2D eigenvalue weighted by Crippen LogP contribution is -2.04. The third kappa shape index (κ3) is 2.46. The van der Waals surface area contributed by atoms with Gasteiger partial charge in [-0.25, -0.2) is 4.98 Å². The van der Waals surface area contributed by atoms with Crippen LogP contribution in [-0.4, -0.2) is 9.97 Å². The van der Waals surface area contributed by atoms with Crippen LogP contribution < -0.4 is 0 Å². The average Bonchev–Trinajstić information content (AvgIpc) is 2.89. The van der Waals surface area contributed by atoms with Crippen LogP contribution in [0.25, 0.3) is 22.4 Å². The first kappa shape index (κ1) is 13.2. The molecule has 1 heterocycles. The normalized spacial score (nSPS) is 11.5. The number of hydrogen-bond donors (Lipinski definition) is 1. The summed E-state index contributed by atoms with van der Waals surface area (Å²) in [6.07, 6.45) is -4.38. The van der Waals surface area contributed by atoms with E-state index in [1.54, 1.807) is 24.3 Å². The molecule has 3 nitrogen and oxygen atoms in total. The molecule has 0 fully saturated rings. The molecule has 0 spiro atoms. The Morgan fingerprint density at radius 1 is 1.05 bits per heavy atom. The van der Waals surface area contributed by atoms with E-state index in [0.29, 0.717) is 28.0 Å². The van der Waals surface area contributed by atoms with Crippen LogP contribution in [0.15, 0.2) is 42.5 Å². The minimum atomic E-state index is -4.38. The molecule has 104 valence electrons. The van der Waals surface area contributed by atoms with Crippen LogP contribution in [0.5, 0.6) is 0 Å². The van der Waals surface area contributed by atoms with Gasteiger partial charge in [-0.05, 0) is 42.5 Å². The highest BCUT2D eigenvalue weighted by molar-refractivity contribution is 5.80. The molecule has 1 N–H and O–H groups in total. The Kier molecular flexibility index (Phi) is 2.91. The predicted octanol–water partition coefficient (Wildman–Crippen LogP) is 4.12. The number of aromatic nitrogens is 2. The fraction of sp³-hybridized carbons (Fsp3) is 0.0667. The SMILES string of the molecule is N#Cc1ccc(-c2nc3ccc(C(F)(F)F)cc3[nH]2)cc1. The van der Waals surface area contributed by atoms with Crippen molar-refractivity contribution in [3.63, 3.8) is 0 Å². The molecular weight excluding hydrogens is 279 g/mol. The molecule has 0 unspecified atom stereocenters. The second-order valence-electron chi connectivity index (χ2n) is 4.50. The molecule has 3 aromatic rings. The van der Waals surface area contributed by atoms with Gasteiger partial charge >= 0.3 is 6.18 Å². The minimum Gasteiger partial charge on any atom is -0.338 e. The van der Waals surface area contributed by atoms with Gasteiger partial charge in [0.2, 0.25) is 0 Å². The highest BCUT2D eigenvalue weighted by Gasteiger charge is 2.30. The van der Waals surface area contributed by atoms with Crippen LogP contribution in [0.4, 0.5) is 13.2 Å². The molecule has 0 saturated carbocycles. The molecule has 1 aromatic heterocycles. The second kappa shape index (κ2) is 4.63. The molecule has 0 aliphatic heterocycles. The van der Waals surface area contributed by atoms with Crippen LogP contribution in [0.3, 0.4) is 0 Å². The first-order valence-electron chi connectivity index (χ1n) is 6.05. The maximum atomic E-state index is 12.7. The molecule has 2 aromatic carbocycles. The van der Waals surface area contributed by atoms with Crippen molar-refractivity contribution >= 4 is 11.0 Å². The minimum absolute atomic E-state index is 0.323. The average molecular weight is 287 g/mol. The molecule has 6 heteroatoms. The lowest BCUT2D eigenvalue weighted by Gasteiger charge is -2.05. The van der Waals surface area contributed by atoms with Crippen molar-refractivity contribution in [2.45, 2.75) is 6.18 Å². The lowest BCUT2D eigenvalue weighted by molar-refractivity contribution is -0.137. The zero-order chi connectivity index (χ0) is 15.0. The predicted molar refractivity (Wildman–Crippen MR) is 71.2 cm³/mol. The van der Waals surface area contributed by atoms with E-state index in [2.05, 4.69) is 9.97 Å². The van der Waals surface area contributed by atoms with Gasteiger partial charge in [-0.2, -0.15) is 18.4 Å². The number of fused-ring (bicyclic) bond motifs is 1. The quantitative estimate of drug-likeness (QED) is 0.732. The van der Waals surface area contributed by atoms with E-state index in [4.69, 9.17) is 5.26 Å². The summed E-state index contributed by atoms with van der Waals surface area (Å²) in [6.45, 7) is 0. The summed E-state index contributed by atoms with van der Waals surface area (Å²) in [7, 11) is 0. The summed E-state index contributed by atoms with van der Waals surface area (Å²) in [6, 6.07) is 12.0. The van der Waals surface area contributed by atoms with Crippen LogP contribution in [0, 0.1) is 11.3 Å². The van der Waals surface area contributed by atoms with Gasteiger partial charge in [0.05, 0.1) is 28.2 Å². The first-order valence-corrected chi connectivity index (χ1v) is 6.05. The van der Waals surface area contributed by atoms with Crippen molar-refractivity contribution in [1.29, 1.82) is 5.26 Å². The van der Waals surface area contributed by atoms with E-state index in [-0.39, 0.29) is 0 Å². The van der Waals surface area contributed by atoms with Gasteiger partial charge < -0.3 is 4.98 Å². The summed E-state index contributed by atoms with van der Waals surface area (Å²) in [4.78, 5) is 7.12. The van der Waals surface area contributed by atoms with E-state index in [1.165, 1.54) is 6.07 Å². The molecule has 0 bridgehead atoms. The lowest BCUT2D eigenvalue weighted by atomic mass is 10.1. The van der Waals surface area contributed by atoms with Crippen molar-refractivity contribution in [2.75, 3.05) is 0 Å². The Morgan fingerprint density at radius 3 is 2.38 bits per heavy atom. The second-order valence-corrected chi connectivity index (χ2v) is 4.50. The zero-order valence-corrected chi connectivity index (χ0v) is 10.6. The maximum Gasteiger partial charge on any atom is 0.416 e. The van der Waals surface area contributed by atoms with E-state index in [9.17, 15) is 13.2 Å². The van der Waals surface area contributed by atoms with Crippen molar-refractivity contribution in [3.05, 3.63) is 53.6 Å². The van der Waals surface area contributed by atoms with Gasteiger partial charge in [-0.15, -0.1) is 0 Å². The fourth-order valence-corrected chi connectivity index (χ4v) is 2.03. The Labute approximate surface area is 117 Å². The third-order valence-corrected chi connectivity index (χ3v) is 3.10. The maximum absolute atomic E-state index is 12.7. The summed E-state index contributed by atoms with van der Waals surface area (Å²) in [5.41, 5.74) is 1.28. The third-order valence-electron chi connectivity index (χ3n) is 3.10. The van der Waals surface area contributed by atoms with E-state index < -0.39 is 11.7 Å². The molecular formula is C15H8F3N3. The van der Waals surface area contributed by atoms with Crippen molar-refractivity contribution in [2.24, 2.45) is 0 Å². The van der Waals surface area contributed by atoms with Gasteiger partial charge in [0.1, 0.15) is 5.82 Å². The Bertz CT molecular complexity index is 839. The molecule has 0 radical (unpaired) electrons. The molecule has 0 aliphatic carbocycles. The summed E-state index contributed by atoms with van der Waals surface area (Å²) >= 11 is 0. The van der Waals surface area contributed by atoms with Crippen molar-refractivity contribution in [1.82, 2.24) is 9.97 Å². The molecule has 0 saturated heterocycles. The molecule has 0 aliphatic rings. The number of rotatable bonds is 1. The fourth-order valence-electron chi connectivity index (χ4n) is 2.03. The number of hydrogen-bond acceptors (Lipinski definition) is 2. The van der Waals surface area contributed by atoms with Crippen molar-refractivity contribution in [3.8, 4) is 17.5 Å². The van der Waals surface area contributed by atoms with Crippen molar-refractivity contribution < 1.29 is 13.2 Å².